The number of benzene rings is 3. The van der Waals surface area contributed by atoms with Crippen LogP contribution in [0.1, 0.15) is 23.6 Å². The topological polar surface area (TPSA) is 82.4 Å². The Kier molecular flexibility index (Phi) is 5.80. The molecule has 0 spiro atoms. The number of carbonyl (C=O) groups is 2. The van der Waals surface area contributed by atoms with Crippen molar-refractivity contribution in [3.63, 3.8) is 0 Å². The molecule has 0 radical (unpaired) electrons. The van der Waals surface area contributed by atoms with Gasteiger partial charge < -0.3 is 10.1 Å². The van der Waals surface area contributed by atoms with E-state index in [1.165, 1.54) is 24.3 Å². The average molecular weight is 447 g/mol. The largest absolute Gasteiger partial charge is 0.435 e. The molecule has 1 aliphatic rings. The summed E-state index contributed by atoms with van der Waals surface area (Å²) < 4.78 is 29.1. The quantitative estimate of drug-likeness (QED) is 0.551. The molecule has 0 aliphatic carbocycles. The van der Waals surface area contributed by atoms with E-state index in [-0.39, 0.29) is 12.3 Å². The highest BCUT2D eigenvalue weighted by Crippen LogP contribution is 2.31. The Bertz CT molecular complexity index is 1240. The number of hydrogen-bond acceptors (Lipinski definition) is 4. The monoisotopic (exact) mass is 447 g/mol. The number of nitrogens with one attached hydrogen (secondary N) is 1. The Morgan fingerprint density at radius 2 is 1.70 bits per heavy atom. The Balaban J connectivity index is 1.52. The highest BCUT2D eigenvalue weighted by Gasteiger charge is 2.48. The fraction of sp³-hybridized carbons (Fsp3) is 0.160. The van der Waals surface area contributed by atoms with Crippen LogP contribution in [0.5, 0.6) is 5.75 Å². The van der Waals surface area contributed by atoms with Crippen molar-refractivity contribution in [2.45, 2.75) is 25.6 Å². The van der Waals surface area contributed by atoms with E-state index in [0.29, 0.717) is 11.1 Å². The van der Waals surface area contributed by atoms with Crippen molar-refractivity contribution < 1.29 is 23.1 Å². The molecule has 166 valence electrons. The van der Waals surface area contributed by atoms with Crippen LogP contribution in [0, 0.1) is 11.3 Å². The second-order valence-electron chi connectivity index (χ2n) is 7.70. The molecule has 3 aromatic carbocycles. The van der Waals surface area contributed by atoms with E-state index >= 15 is 0 Å². The van der Waals surface area contributed by atoms with Crippen LogP contribution in [-0.4, -0.2) is 23.4 Å². The van der Waals surface area contributed by atoms with Crippen molar-refractivity contribution in [2.75, 3.05) is 0 Å². The molecule has 3 amide bonds. The predicted molar refractivity (Wildman–Crippen MR) is 116 cm³/mol. The number of amides is 3. The molecule has 1 unspecified atom stereocenters. The highest BCUT2D eigenvalue weighted by atomic mass is 19.3. The number of hydrogen-bond donors (Lipinski definition) is 1. The minimum absolute atomic E-state index is 0.0379. The van der Waals surface area contributed by atoms with E-state index in [9.17, 15) is 23.6 Å². The van der Waals surface area contributed by atoms with Crippen LogP contribution in [0.3, 0.4) is 0 Å². The van der Waals surface area contributed by atoms with E-state index in [1.54, 1.807) is 31.2 Å². The van der Waals surface area contributed by atoms with Gasteiger partial charge in [-0.15, -0.1) is 0 Å². The van der Waals surface area contributed by atoms with E-state index in [2.05, 4.69) is 16.1 Å². The number of halogens is 2. The lowest BCUT2D eigenvalue weighted by Crippen LogP contribution is -2.40. The van der Waals surface area contributed by atoms with Crippen molar-refractivity contribution >= 4 is 11.9 Å². The van der Waals surface area contributed by atoms with Crippen LogP contribution in [0.25, 0.3) is 11.1 Å². The summed E-state index contributed by atoms with van der Waals surface area (Å²) >= 11 is 0. The van der Waals surface area contributed by atoms with Gasteiger partial charge in [-0.05, 0) is 47.4 Å². The Morgan fingerprint density at radius 1 is 1.03 bits per heavy atom. The number of urea groups is 1. The summed E-state index contributed by atoms with van der Waals surface area (Å²) in [4.78, 5) is 26.8. The minimum atomic E-state index is -2.95. The second kappa shape index (κ2) is 8.71. The van der Waals surface area contributed by atoms with E-state index in [4.69, 9.17) is 0 Å². The summed E-state index contributed by atoms with van der Waals surface area (Å²) in [6.45, 7) is -1.32. The molecule has 0 aromatic heterocycles. The molecule has 1 aliphatic heterocycles. The van der Waals surface area contributed by atoms with Gasteiger partial charge in [-0.2, -0.15) is 14.0 Å². The summed E-state index contributed by atoms with van der Waals surface area (Å²) in [7, 11) is 0. The first-order valence-electron chi connectivity index (χ1n) is 10.1. The maximum Gasteiger partial charge on any atom is 0.387 e. The lowest BCUT2D eigenvalue weighted by Gasteiger charge is -2.22. The molecule has 1 N–H and O–H groups in total. The van der Waals surface area contributed by atoms with Gasteiger partial charge in [0.25, 0.3) is 5.91 Å². The van der Waals surface area contributed by atoms with Crippen molar-refractivity contribution in [3.8, 4) is 22.9 Å². The van der Waals surface area contributed by atoms with Crippen LogP contribution < -0.4 is 10.1 Å². The molecule has 1 saturated heterocycles. The Hall–Kier alpha value is -4.25. The summed E-state index contributed by atoms with van der Waals surface area (Å²) in [6, 6.07) is 21.7. The molecule has 6 nitrogen and oxygen atoms in total. The van der Waals surface area contributed by atoms with Crippen LogP contribution >= 0.6 is 0 Å². The van der Waals surface area contributed by atoms with Crippen LogP contribution in [-0.2, 0) is 16.9 Å². The van der Waals surface area contributed by atoms with Crippen LogP contribution in [0.2, 0.25) is 0 Å². The predicted octanol–water partition coefficient (Wildman–Crippen LogP) is 4.79. The fourth-order valence-corrected chi connectivity index (χ4v) is 3.81. The number of imide groups is 1. The minimum Gasteiger partial charge on any atom is -0.435 e. The van der Waals surface area contributed by atoms with Crippen molar-refractivity contribution in [2.24, 2.45) is 0 Å². The number of ether oxygens (including phenoxy) is 1. The molecule has 0 bridgehead atoms. The lowest BCUT2D eigenvalue weighted by molar-refractivity contribution is -0.131. The number of carbonyl (C=O) groups excluding carboxylic acids is 2. The van der Waals surface area contributed by atoms with Crippen LogP contribution in [0.15, 0.2) is 72.8 Å². The summed E-state index contributed by atoms with van der Waals surface area (Å²) in [5.74, 6) is -0.488. The SMILES string of the molecule is CC1(c2ccc(OC(F)F)cc2)NC(=O)N(Cc2ccc(-c3ccccc3C#N)cc2)C1=O. The van der Waals surface area contributed by atoms with Gasteiger partial charge in [0.2, 0.25) is 0 Å². The molecule has 1 heterocycles. The number of nitriles is 1. The molecule has 4 rings (SSSR count). The van der Waals surface area contributed by atoms with E-state index in [0.717, 1.165) is 21.6 Å². The third-order valence-corrected chi connectivity index (χ3v) is 5.58. The molecule has 8 heteroatoms. The van der Waals surface area contributed by atoms with Gasteiger partial charge >= 0.3 is 12.6 Å². The van der Waals surface area contributed by atoms with Gasteiger partial charge in [0.15, 0.2) is 0 Å². The molecular weight excluding hydrogens is 428 g/mol. The zero-order chi connectivity index (χ0) is 23.6. The maximum absolute atomic E-state index is 13.1. The third kappa shape index (κ3) is 4.26. The van der Waals surface area contributed by atoms with Gasteiger partial charge in [-0.1, -0.05) is 54.6 Å². The van der Waals surface area contributed by atoms with Gasteiger partial charge in [0.1, 0.15) is 11.3 Å². The lowest BCUT2D eigenvalue weighted by atomic mass is 9.92. The van der Waals surface area contributed by atoms with Crippen LogP contribution in [0.4, 0.5) is 13.6 Å². The zero-order valence-corrected chi connectivity index (χ0v) is 17.6. The number of rotatable bonds is 6. The molecule has 3 aromatic rings. The average Bonchev–Trinajstić information content (AvgIpc) is 3.03. The maximum atomic E-state index is 13.1. The van der Waals surface area contributed by atoms with Gasteiger partial charge in [0.05, 0.1) is 18.2 Å². The third-order valence-electron chi connectivity index (χ3n) is 5.58. The first-order valence-corrected chi connectivity index (χ1v) is 10.1. The number of alkyl halides is 2. The zero-order valence-electron chi connectivity index (χ0n) is 17.6. The smallest absolute Gasteiger partial charge is 0.387 e. The van der Waals surface area contributed by atoms with Crippen molar-refractivity contribution in [3.05, 3.63) is 89.5 Å². The molecule has 33 heavy (non-hydrogen) atoms. The molecule has 1 fully saturated rings. The summed E-state index contributed by atoms with van der Waals surface area (Å²) in [5.41, 5.74) is 2.07. The second-order valence-corrected chi connectivity index (χ2v) is 7.70. The summed E-state index contributed by atoms with van der Waals surface area (Å²) in [6.07, 6.45) is 0. The van der Waals surface area contributed by atoms with Crippen molar-refractivity contribution in [1.82, 2.24) is 10.2 Å². The Morgan fingerprint density at radius 3 is 2.33 bits per heavy atom. The van der Waals surface area contributed by atoms with Gasteiger partial charge in [-0.25, -0.2) is 4.79 Å². The fourth-order valence-electron chi connectivity index (χ4n) is 3.81. The number of nitrogens with zero attached hydrogens (tertiary/aromatic N) is 2. The standard InChI is InChI=1S/C25H19F2N3O3/c1-25(19-10-12-20(13-11-19)33-23(26)27)22(31)30(24(32)29-25)15-16-6-8-17(9-7-16)21-5-3-2-4-18(21)14-28/h2-13,23H,15H2,1H3,(H,29,32). The van der Waals surface area contributed by atoms with Gasteiger partial charge in [-0.3, -0.25) is 9.69 Å². The first kappa shape index (κ1) is 22.0. The highest BCUT2D eigenvalue weighted by molar-refractivity contribution is 6.07. The molecule has 1 atom stereocenters. The molecule has 0 saturated carbocycles. The van der Waals surface area contributed by atoms with E-state index in [1.807, 2.05) is 24.3 Å². The van der Waals surface area contributed by atoms with Gasteiger partial charge in [0, 0.05) is 0 Å². The molecular formula is C25H19F2N3O3. The Labute approximate surface area is 189 Å². The summed E-state index contributed by atoms with van der Waals surface area (Å²) in [5, 5.41) is 12.0. The van der Waals surface area contributed by atoms with E-state index < -0.39 is 24.1 Å². The normalized spacial score (nSPS) is 17.7. The van der Waals surface area contributed by atoms with Crippen molar-refractivity contribution in [1.29, 1.82) is 5.26 Å². The first-order chi connectivity index (χ1) is 15.8.